The molecule has 1 amide bonds. The van der Waals surface area contributed by atoms with Crippen molar-refractivity contribution < 1.29 is 19.1 Å². The number of nitrogens with one attached hydrogen (secondary N) is 1. The number of likely N-dealkylation sites (tertiary alicyclic amines) is 1. The number of amides is 1. The summed E-state index contributed by atoms with van der Waals surface area (Å²) < 4.78 is 9.96. The standard InChI is InChI=1S/C16H25N3O4/c1-3-23-15(20)14-9-12-8-13(18-7-6-17)5-4-11(12)10-19(14)16(21)22-2/h11-14,18H,3-5,7-10H2,1-2H3/t11-,12+,13-,14-/m0/s1. The number of esters is 1. The molecule has 2 fully saturated rings. The van der Waals surface area contributed by atoms with E-state index in [4.69, 9.17) is 14.7 Å². The van der Waals surface area contributed by atoms with Crippen LogP contribution in [0.1, 0.15) is 32.6 Å². The molecule has 7 heteroatoms. The first-order chi connectivity index (χ1) is 11.1. The highest BCUT2D eigenvalue weighted by atomic mass is 16.6. The Morgan fingerprint density at radius 1 is 1.30 bits per heavy atom. The zero-order valence-corrected chi connectivity index (χ0v) is 13.8. The zero-order valence-electron chi connectivity index (χ0n) is 13.8. The van der Waals surface area contributed by atoms with Crippen molar-refractivity contribution >= 4 is 12.1 Å². The molecule has 0 aromatic carbocycles. The van der Waals surface area contributed by atoms with Crippen LogP contribution in [0.2, 0.25) is 0 Å². The van der Waals surface area contributed by atoms with Crippen molar-refractivity contribution in [3.8, 4) is 6.07 Å². The summed E-state index contributed by atoms with van der Waals surface area (Å²) >= 11 is 0. The van der Waals surface area contributed by atoms with Gasteiger partial charge in [-0.05, 0) is 44.4 Å². The molecule has 0 unspecified atom stereocenters. The molecule has 0 aromatic heterocycles. The summed E-state index contributed by atoms with van der Waals surface area (Å²) in [7, 11) is 1.33. The summed E-state index contributed by atoms with van der Waals surface area (Å²) in [4.78, 5) is 25.8. The van der Waals surface area contributed by atoms with Crippen LogP contribution in [0.4, 0.5) is 4.79 Å². The smallest absolute Gasteiger partial charge is 0.410 e. The van der Waals surface area contributed by atoms with E-state index in [0.29, 0.717) is 44.0 Å². The highest BCUT2D eigenvalue weighted by Gasteiger charge is 2.44. The maximum absolute atomic E-state index is 12.2. The van der Waals surface area contributed by atoms with Crippen LogP contribution in [0.15, 0.2) is 0 Å². The van der Waals surface area contributed by atoms with Gasteiger partial charge in [0.2, 0.25) is 0 Å². The fourth-order valence-corrected chi connectivity index (χ4v) is 3.81. The van der Waals surface area contributed by atoms with Crippen molar-refractivity contribution in [2.24, 2.45) is 11.8 Å². The molecule has 2 rings (SSSR count). The second kappa shape index (κ2) is 8.16. The Morgan fingerprint density at radius 2 is 2.09 bits per heavy atom. The van der Waals surface area contributed by atoms with Crippen LogP contribution in [-0.4, -0.2) is 55.9 Å². The number of fused-ring (bicyclic) bond motifs is 1. The van der Waals surface area contributed by atoms with E-state index in [1.807, 2.05) is 0 Å². The molecule has 2 aliphatic rings. The lowest BCUT2D eigenvalue weighted by Crippen LogP contribution is -2.56. The third-order valence-corrected chi connectivity index (χ3v) is 4.91. The number of carbonyl (C=O) groups is 2. The minimum Gasteiger partial charge on any atom is -0.464 e. The van der Waals surface area contributed by atoms with Gasteiger partial charge in [-0.15, -0.1) is 0 Å². The average molecular weight is 323 g/mol. The predicted molar refractivity (Wildman–Crippen MR) is 82.4 cm³/mol. The molecule has 7 nitrogen and oxygen atoms in total. The van der Waals surface area contributed by atoms with Crippen molar-refractivity contribution in [3.05, 3.63) is 0 Å². The van der Waals surface area contributed by atoms with Crippen LogP contribution >= 0.6 is 0 Å². The van der Waals surface area contributed by atoms with Gasteiger partial charge in [-0.25, -0.2) is 9.59 Å². The van der Waals surface area contributed by atoms with E-state index in [-0.39, 0.29) is 5.97 Å². The van der Waals surface area contributed by atoms with Crippen LogP contribution in [0.25, 0.3) is 0 Å². The van der Waals surface area contributed by atoms with Crippen LogP contribution in [0.3, 0.4) is 0 Å². The van der Waals surface area contributed by atoms with Gasteiger partial charge in [0.15, 0.2) is 0 Å². The number of hydrogen-bond acceptors (Lipinski definition) is 6. The van der Waals surface area contributed by atoms with E-state index in [2.05, 4.69) is 11.4 Å². The van der Waals surface area contributed by atoms with Crippen molar-refractivity contribution in [2.45, 2.75) is 44.7 Å². The molecule has 0 spiro atoms. The number of carbonyl (C=O) groups excluding carboxylic acids is 2. The maximum atomic E-state index is 12.2. The van der Waals surface area contributed by atoms with E-state index in [0.717, 1.165) is 19.3 Å². The van der Waals surface area contributed by atoms with Crippen LogP contribution in [-0.2, 0) is 14.3 Å². The first kappa shape index (κ1) is 17.5. The molecular formula is C16H25N3O4. The van der Waals surface area contributed by atoms with Gasteiger partial charge in [-0.2, -0.15) is 5.26 Å². The lowest BCUT2D eigenvalue weighted by atomic mass is 9.71. The van der Waals surface area contributed by atoms with E-state index in [9.17, 15) is 9.59 Å². The fraction of sp³-hybridized carbons (Fsp3) is 0.812. The molecule has 0 bridgehead atoms. The monoisotopic (exact) mass is 323 g/mol. The Kier molecular flexibility index (Phi) is 6.22. The highest BCUT2D eigenvalue weighted by Crippen LogP contribution is 2.39. The summed E-state index contributed by atoms with van der Waals surface area (Å²) in [6.45, 7) is 2.93. The van der Waals surface area contributed by atoms with Crippen molar-refractivity contribution in [1.82, 2.24) is 10.2 Å². The van der Waals surface area contributed by atoms with E-state index < -0.39 is 12.1 Å². The fourth-order valence-electron chi connectivity index (χ4n) is 3.81. The summed E-state index contributed by atoms with van der Waals surface area (Å²) in [5.41, 5.74) is 0. The van der Waals surface area contributed by atoms with Gasteiger partial charge in [0.1, 0.15) is 6.04 Å². The van der Waals surface area contributed by atoms with Gasteiger partial charge >= 0.3 is 12.1 Å². The van der Waals surface area contributed by atoms with E-state index in [1.54, 1.807) is 6.92 Å². The number of nitriles is 1. The van der Waals surface area contributed by atoms with Gasteiger partial charge in [-0.3, -0.25) is 4.90 Å². The number of ether oxygens (including phenoxy) is 2. The Labute approximate surface area is 136 Å². The molecular weight excluding hydrogens is 298 g/mol. The van der Waals surface area contributed by atoms with Crippen LogP contribution in [0, 0.1) is 23.2 Å². The number of rotatable bonds is 4. The molecule has 1 N–H and O–H groups in total. The first-order valence-electron chi connectivity index (χ1n) is 8.22. The predicted octanol–water partition coefficient (Wildman–Crippen LogP) is 1.29. The molecule has 1 aliphatic carbocycles. The number of hydrogen-bond donors (Lipinski definition) is 1. The van der Waals surface area contributed by atoms with Crippen LogP contribution in [0.5, 0.6) is 0 Å². The molecule has 4 atom stereocenters. The molecule has 0 radical (unpaired) electrons. The van der Waals surface area contributed by atoms with Gasteiger partial charge in [0.25, 0.3) is 0 Å². The van der Waals surface area contributed by atoms with Gasteiger partial charge in [0, 0.05) is 12.6 Å². The largest absolute Gasteiger partial charge is 0.464 e. The lowest BCUT2D eigenvalue weighted by Gasteiger charge is -2.46. The Bertz CT molecular complexity index is 476. The molecule has 1 saturated carbocycles. The first-order valence-corrected chi connectivity index (χ1v) is 8.22. The van der Waals surface area contributed by atoms with Crippen LogP contribution < -0.4 is 5.32 Å². The topological polar surface area (TPSA) is 91.7 Å². The molecule has 128 valence electrons. The Balaban J connectivity index is 2.06. The normalized spacial score (nSPS) is 30.0. The molecule has 1 saturated heterocycles. The molecule has 1 heterocycles. The summed E-state index contributed by atoms with van der Waals surface area (Å²) in [6.07, 6.45) is 3.03. The molecule has 1 aliphatic heterocycles. The second-order valence-electron chi connectivity index (χ2n) is 6.20. The summed E-state index contributed by atoms with van der Waals surface area (Å²) in [5, 5.41) is 11.9. The molecule has 0 aromatic rings. The minimum absolute atomic E-state index is 0.296. The van der Waals surface area contributed by atoms with E-state index in [1.165, 1.54) is 12.0 Å². The third-order valence-electron chi connectivity index (χ3n) is 4.91. The Morgan fingerprint density at radius 3 is 2.74 bits per heavy atom. The SMILES string of the molecule is CCOC(=O)[C@@H]1C[C@H]2C[C@@H](NCC#N)CC[C@H]2CN1C(=O)OC. The van der Waals surface area contributed by atoms with Gasteiger partial charge in [0.05, 0.1) is 26.3 Å². The zero-order chi connectivity index (χ0) is 16.8. The second-order valence-corrected chi connectivity index (χ2v) is 6.20. The van der Waals surface area contributed by atoms with E-state index >= 15 is 0 Å². The molecule has 23 heavy (non-hydrogen) atoms. The third kappa shape index (κ3) is 4.14. The number of methoxy groups -OCH3 is 1. The van der Waals surface area contributed by atoms with Gasteiger partial charge < -0.3 is 14.8 Å². The minimum atomic E-state index is -0.571. The van der Waals surface area contributed by atoms with Gasteiger partial charge in [-0.1, -0.05) is 0 Å². The quantitative estimate of drug-likeness (QED) is 0.619. The Hall–Kier alpha value is -1.81. The maximum Gasteiger partial charge on any atom is 0.410 e. The van der Waals surface area contributed by atoms with Crippen molar-refractivity contribution in [1.29, 1.82) is 5.26 Å². The number of piperidine rings is 1. The summed E-state index contributed by atoms with van der Waals surface area (Å²) in [6, 6.07) is 1.84. The highest BCUT2D eigenvalue weighted by molar-refractivity contribution is 5.81. The van der Waals surface area contributed by atoms with Crippen molar-refractivity contribution in [3.63, 3.8) is 0 Å². The van der Waals surface area contributed by atoms with Crippen molar-refractivity contribution in [2.75, 3.05) is 26.8 Å². The average Bonchev–Trinajstić information content (AvgIpc) is 2.58. The summed E-state index contributed by atoms with van der Waals surface area (Å²) in [5.74, 6) is 0.374. The number of nitrogens with zero attached hydrogens (tertiary/aromatic N) is 2. The lowest BCUT2D eigenvalue weighted by molar-refractivity contribution is -0.152.